The zero-order valence-corrected chi connectivity index (χ0v) is 11.1. The van der Waals surface area contributed by atoms with E-state index < -0.39 is 11.9 Å². The highest BCUT2D eigenvalue weighted by Crippen LogP contribution is 2.27. The number of carboxylic acids is 1. The van der Waals surface area contributed by atoms with Gasteiger partial charge in [0.15, 0.2) is 0 Å². The molecule has 0 saturated heterocycles. The number of carbonyl (C=O) groups is 1. The Morgan fingerprint density at radius 2 is 2.06 bits per heavy atom. The summed E-state index contributed by atoms with van der Waals surface area (Å²) >= 11 is 0. The zero-order chi connectivity index (χ0) is 13.0. The predicted molar refractivity (Wildman–Crippen MR) is 72.8 cm³/mol. The molecule has 0 radical (unpaired) electrons. The predicted octanol–water partition coefficient (Wildman–Crippen LogP) is 4.00. The van der Waals surface area contributed by atoms with Crippen LogP contribution in [-0.4, -0.2) is 11.1 Å². The van der Waals surface area contributed by atoms with E-state index in [1.807, 2.05) is 12.1 Å². The van der Waals surface area contributed by atoms with E-state index in [1.165, 1.54) is 37.7 Å². The molecule has 1 atom stereocenters. The summed E-state index contributed by atoms with van der Waals surface area (Å²) in [5.41, 5.74) is 2.23. The molecule has 0 amide bonds. The van der Waals surface area contributed by atoms with E-state index in [1.54, 1.807) is 6.92 Å². The molecule has 2 nitrogen and oxygen atoms in total. The maximum absolute atomic E-state index is 11.0. The summed E-state index contributed by atoms with van der Waals surface area (Å²) in [6, 6.07) is 8.12. The second kappa shape index (κ2) is 6.03. The lowest BCUT2D eigenvalue weighted by molar-refractivity contribution is -0.138. The van der Waals surface area contributed by atoms with Gasteiger partial charge in [0.1, 0.15) is 0 Å². The summed E-state index contributed by atoms with van der Waals surface area (Å²) in [6.45, 7) is 1.75. The lowest BCUT2D eigenvalue weighted by Gasteiger charge is -2.21. The van der Waals surface area contributed by atoms with Crippen LogP contribution in [0.3, 0.4) is 0 Å². The molecule has 1 aromatic rings. The van der Waals surface area contributed by atoms with Gasteiger partial charge in [0, 0.05) is 0 Å². The zero-order valence-electron chi connectivity index (χ0n) is 11.1. The molecular formula is C16H22O2. The first-order valence-corrected chi connectivity index (χ1v) is 6.98. The molecule has 18 heavy (non-hydrogen) atoms. The van der Waals surface area contributed by atoms with E-state index >= 15 is 0 Å². The molecule has 2 rings (SSSR count). The average Bonchev–Trinajstić information content (AvgIpc) is 2.39. The Kier molecular flexibility index (Phi) is 4.40. The fraction of sp³-hybridized carbons (Fsp3) is 0.562. The fourth-order valence-corrected chi connectivity index (χ4v) is 2.86. The number of hydrogen-bond donors (Lipinski definition) is 1. The van der Waals surface area contributed by atoms with Gasteiger partial charge in [-0.3, -0.25) is 4.79 Å². The molecule has 2 heteroatoms. The van der Waals surface area contributed by atoms with Crippen molar-refractivity contribution in [2.45, 2.75) is 51.4 Å². The molecule has 0 aliphatic heterocycles. The molecule has 1 fully saturated rings. The van der Waals surface area contributed by atoms with E-state index in [0.717, 1.165) is 17.9 Å². The number of rotatable bonds is 4. The molecule has 1 aliphatic carbocycles. The third kappa shape index (κ3) is 3.34. The topological polar surface area (TPSA) is 37.3 Å². The van der Waals surface area contributed by atoms with E-state index in [9.17, 15) is 4.79 Å². The van der Waals surface area contributed by atoms with Gasteiger partial charge in [0.2, 0.25) is 0 Å². The summed E-state index contributed by atoms with van der Waals surface area (Å²) in [5, 5.41) is 9.05. The van der Waals surface area contributed by atoms with Gasteiger partial charge in [0.05, 0.1) is 5.92 Å². The van der Waals surface area contributed by atoms with Gasteiger partial charge in [-0.25, -0.2) is 0 Å². The Labute approximate surface area is 109 Å². The van der Waals surface area contributed by atoms with Gasteiger partial charge in [-0.15, -0.1) is 0 Å². The van der Waals surface area contributed by atoms with Crippen LogP contribution >= 0.6 is 0 Å². The normalized spacial score (nSPS) is 18.5. The number of carboxylic acid groups (broad SMARTS) is 1. The number of benzene rings is 1. The number of hydrogen-bond acceptors (Lipinski definition) is 1. The van der Waals surface area contributed by atoms with Crippen molar-refractivity contribution in [1.82, 2.24) is 0 Å². The van der Waals surface area contributed by atoms with Crippen LogP contribution < -0.4 is 0 Å². The van der Waals surface area contributed by atoms with Gasteiger partial charge >= 0.3 is 5.97 Å². The van der Waals surface area contributed by atoms with Crippen LogP contribution in [0.15, 0.2) is 24.3 Å². The van der Waals surface area contributed by atoms with Gasteiger partial charge in [-0.05, 0) is 30.4 Å². The third-order valence-corrected chi connectivity index (χ3v) is 4.07. The monoisotopic (exact) mass is 246 g/mol. The van der Waals surface area contributed by atoms with Crippen molar-refractivity contribution < 1.29 is 9.90 Å². The van der Waals surface area contributed by atoms with Crippen molar-refractivity contribution >= 4 is 5.97 Å². The Morgan fingerprint density at radius 1 is 1.33 bits per heavy atom. The molecule has 0 unspecified atom stereocenters. The lowest BCUT2D eigenvalue weighted by atomic mass is 9.84. The first-order valence-electron chi connectivity index (χ1n) is 6.98. The van der Waals surface area contributed by atoms with Crippen LogP contribution in [0, 0.1) is 5.92 Å². The average molecular weight is 246 g/mol. The first-order chi connectivity index (χ1) is 8.66. The quantitative estimate of drug-likeness (QED) is 0.872. The minimum absolute atomic E-state index is 0.406. The van der Waals surface area contributed by atoms with E-state index in [4.69, 9.17) is 5.11 Å². The van der Waals surface area contributed by atoms with Crippen LogP contribution in [0.1, 0.15) is 56.1 Å². The van der Waals surface area contributed by atoms with Crippen molar-refractivity contribution in [2.75, 3.05) is 0 Å². The summed E-state index contributed by atoms with van der Waals surface area (Å²) in [4.78, 5) is 11.0. The van der Waals surface area contributed by atoms with Crippen molar-refractivity contribution in [3.05, 3.63) is 35.4 Å². The van der Waals surface area contributed by atoms with Crippen molar-refractivity contribution in [1.29, 1.82) is 0 Å². The van der Waals surface area contributed by atoms with Gasteiger partial charge in [-0.1, -0.05) is 56.4 Å². The van der Waals surface area contributed by atoms with Crippen molar-refractivity contribution in [2.24, 2.45) is 5.92 Å². The Bertz CT molecular complexity index is 405. The van der Waals surface area contributed by atoms with Gasteiger partial charge in [0.25, 0.3) is 0 Å². The van der Waals surface area contributed by atoms with Crippen molar-refractivity contribution in [3.63, 3.8) is 0 Å². The molecule has 0 bridgehead atoms. The summed E-state index contributed by atoms with van der Waals surface area (Å²) in [6.07, 6.45) is 7.87. The molecule has 0 spiro atoms. The van der Waals surface area contributed by atoms with Crippen molar-refractivity contribution in [3.8, 4) is 0 Å². The maximum atomic E-state index is 11.0. The minimum Gasteiger partial charge on any atom is -0.481 e. The smallest absolute Gasteiger partial charge is 0.310 e. The highest BCUT2D eigenvalue weighted by atomic mass is 16.4. The third-order valence-electron chi connectivity index (χ3n) is 4.07. The summed E-state index contributed by atoms with van der Waals surface area (Å²) < 4.78 is 0. The first kappa shape index (κ1) is 13.1. The summed E-state index contributed by atoms with van der Waals surface area (Å²) in [5.74, 6) is -0.352. The van der Waals surface area contributed by atoms with Crippen LogP contribution in [0.5, 0.6) is 0 Å². The molecule has 1 saturated carbocycles. The van der Waals surface area contributed by atoms with Gasteiger partial charge in [-0.2, -0.15) is 0 Å². The van der Waals surface area contributed by atoms with Crippen LogP contribution in [-0.2, 0) is 11.2 Å². The largest absolute Gasteiger partial charge is 0.481 e. The lowest BCUT2D eigenvalue weighted by Crippen LogP contribution is -2.11. The Balaban J connectivity index is 2.04. The SMILES string of the molecule is C[C@@H](C(=O)O)c1cccc(CC2CCCCC2)c1. The van der Waals surface area contributed by atoms with Crippen LogP contribution in [0.25, 0.3) is 0 Å². The van der Waals surface area contributed by atoms with E-state index in [2.05, 4.69) is 12.1 Å². The van der Waals surface area contributed by atoms with E-state index in [-0.39, 0.29) is 0 Å². The fourth-order valence-electron chi connectivity index (χ4n) is 2.86. The molecule has 0 heterocycles. The van der Waals surface area contributed by atoms with Crippen LogP contribution in [0.4, 0.5) is 0 Å². The maximum Gasteiger partial charge on any atom is 0.310 e. The second-order valence-electron chi connectivity index (χ2n) is 5.51. The van der Waals surface area contributed by atoms with Crippen LogP contribution in [0.2, 0.25) is 0 Å². The Morgan fingerprint density at radius 3 is 2.72 bits per heavy atom. The Hall–Kier alpha value is -1.31. The second-order valence-corrected chi connectivity index (χ2v) is 5.51. The number of aliphatic carboxylic acids is 1. The molecular weight excluding hydrogens is 224 g/mol. The highest BCUT2D eigenvalue weighted by molar-refractivity contribution is 5.75. The highest BCUT2D eigenvalue weighted by Gasteiger charge is 2.16. The minimum atomic E-state index is -0.746. The summed E-state index contributed by atoms with van der Waals surface area (Å²) in [7, 11) is 0. The molecule has 1 aliphatic rings. The molecule has 0 aromatic heterocycles. The molecule has 1 N–H and O–H groups in total. The standard InChI is InChI=1S/C16H22O2/c1-12(16(17)18)15-9-5-8-14(11-15)10-13-6-3-2-4-7-13/h5,8-9,11-13H,2-4,6-7,10H2,1H3,(H,17,18)/t12-/m1/s1. The molecule has 98 valence electrons. The molecule has 1 aromatic carbocycles. The van der Waals surface area contributed by atoms with Gasteiger partial charge < -0.3 is 5.11 Å². The van der Waals surface area contributed by atoms with E-state index in [0.29, 0.717) is 0 Å².